The molecule has 0 aliphatic rings. The van der Waals surface area contributed by atoms with Gasteiger partial charge < -0.3 is 0 Å². The Morgan fingerprint density at radius 3 is 2.44 bits per heavy atom. The number of Topliss-reactive ketones (excluding diaryl/α,β-unsaturated/α-hetero) is 1. The number of rotatable bonds is 7. The minimum atomic E-state index is -0.415. The van der Waals surface area contributed by atoms with E-state index in [1.54, 1.807) is 16.0 Å². The lowest BCUT2D eigenvalue weighted by molar-refractivity contribution is 0.0989. The minimum Gasteiger partial charge on any atom is -0.293 e. The monoisotopic (exact) mass is 392 g/mol. The van der Waals surface area contributed by atoms with E-state index in [1.807, 2.05) is 78.2 Å². The number of ketones is 1. The van der Waals surface area contributed by atoms with E-state index in [9.17, 15) is 4.79 Å². The van der Waals surface area contributed by atoms with E-state index in [-0.39, 0.29) is 5.78 Å². The number of aromatic nitrogens is 4. The number of thioether (sulfide) groups is 1. The second-order valence-electron chi connectivity index (χ2n) is 5.84. The Hall–Kier alpha value is -2.77. The summed E-state index contributed by atoms with van der Waals surface area (Å²) in [6.45, 7) is 0.591. The lowest BCUT2D eigenvalue weighted by Crippen LogP contribution is -2.12. The summed E-state index contributed by atoms with van der Waals surface area (Å²) in [5, 5.41) is 14.3. The van der Waals surface area contributed by atoms with Gasteiger partial charge in [0.15, 0.2) is 5.78 Å². The third-order valence-electron chi connectivity index (χ3n) is 4.01. The molecule has 5 nitrogen and oxygen atoms in total. The van der Waals surface area contributed by atoms with Gasteiger partial charge in [-0.15, -0.1) is 16.4 Å². The molecule has 0 spiro atoms. The summed E-state index contributed by atoms with van der Waals surface area (Å²) in [6, 6.07) is 23.1. The summed E-state index contributed by atoms with van der Waals surface area (Å²) in [5.74, 6) is 0.0393. The number of carbonyl (C=O) groups is 1. The molecular formula is C20H16N4OS2. The maximum absolute atomic E-state index is 13.2. The molecule has 2 heterocycles. The highest BCUT2D eigenvalue weighted by molar-refractivity contribution is 8.00. The molecule has 0 N–H and O–H groups in total. The van der Waals surface area contributed by atoms with Crippen molar-refractivity contribution in [3.63, 3.8) is 0 Å². The van der Waals surface area contributed by atoms with Crippen LogP contribution in [-0.4, -0.2) is 26.0 Å². The van der Waals surface area contributed by atoms with E-state index in [0.717, 1.165) is 10.4 Å². The molecule has 4 rings (SSSR count). The zero-order valence-corrected chi connectivity index (χ0v) is 15.9. The van der Waals surface area contributed by atoms with Crippen LogP contribution in [0.2, 0.25) is 0 Å². The Morgan fingerprint density at radius 1 is 1.00 bits per heavy atom. The van der Waals surface area contributed by atoms with E-state index >= 15 is 0 Å². The summed E-state index contributed by atoms with van der Waals surface area (Å²) in [6.07, 6.45) is 0. The van der Waals surface area contributed by atoms with Gasteiger partial charge in [0, 0.05) is 10.4 Å². The number of hydrogen-bond donors (Lipinski definition) is 0. The lowest BCUT2D eigenvalue weighted by atomic mass is 10.0. The largest absolute Gasteiger partial charge is 0.293 e. The molecule has 27 heavy (non-hydrogen) atoms. The predicted octanol–water partition coefficient (Wildman–Crippen LogP) is 4.50. The quantitative estimate of drug-likeness (QED) is 0.342. The van der Waals surface area contributed by atoms with Gasteiger partial charge in [0.25, 0.3) is 0 Å². The number of hydrogen-bond acceptors (Lipinski definition) is 6. The van der Waals surface area contributed by atoms with Crippen molar-refractivity contribution in [3.05, 3.63) is 94.2 Å². The maximum atomic E-state index is 13.2. The van der Waals surface area contributed by atoms with Crippen LogP contribution in [0.3, 0.4) is 0 Å². The highest BCUT2D eigenvalue weighted by Crippen LogP contribution is 2.36. The van der Waals surface area contributed by atoms with Gasteiger partial charge in [-0.05, 0) is 27.4 Å². The van der Waals surface area contributed by atoms with Crippen LogP contribution in [0, 0.1) is 0 Å². The van der Waals surface area contributed by atoms with Crippen molar-refractivity contribution in [1.29, 1.82) is 0 Å². The van der Waals surface area contributed by atoms with Crippen LogP contribution in [0.5, 0.6) is 0 Å². The van der Waals surface area contributed by atoms with Crippen LogP contribution >= 0.6 is 23.1 Å². The molecule has 0 saturated heterocycles. The molecule has 0 aliphatic heterocycles. The SMILES string of the molecule is O=C(c1ccccc1)C(Sc1nnnn1Cc1cccs1)c1ccccc1. The van der Waals surface area contributed by atoms with Crippen molar-refractivity contribution in [1.82, 2.24) is 20.2 Å². The number of benzene rings is 2. The first kappa shape index (κ1) is 17.6. The maximum Gasteiger partial charge on any atom is 0.210 e. The molecule has 1 atom stereocenters. The van der Waals surface area contributed by atoms with Gasteiger partial charge >= 0.3 is 0 Å². The minimum absolute atomic E-state index is 0.0393. The lowest BCUT2D eigenvalue weighted by Gasteiger charge is -2.15. The summed E-state index contributed by atoms with van der Waals surface area (Å²) >= 11 is 3.04. The summed E-state index contributed by atoms with van der Waals surface area (Å²) in [4.78, 5) is 14.4. The Balaban J connectivity index is 1.65. The van der Waals surface area contributed by atoms with Crippen LogP contribution < -0.4 is 0 Å². The van der Waals surface area contributed by atoms with Crippen molar-refractivity contribution in [2.24, 2.45) is 0 Å². The Bertz CT molecular complexity index is 1000. The highest BCUT2D eigenvalue weighted by atomic mass is 32.2. The summed E-state index contributed by atoms with van der Waals surface area (Å²) in [5.41, 5.74) is 1.61. The van der Waals surface area contributed by atoms with E-state index in [4.69, 9.17) is 0 Å². The molecule has 0 saturated carbocycles. The molecule has 0 aliphatic carbocycles. The zero-order valence-electron chi connectivity index (χ0n) is 14.3. The summed E-state index contributed by atoms with van der Waals surface area (Å²) < 4.78 is 1.74. The third kappa shape index (κ3) is 4.15. The molecule has 134 valence electrons. The van der Waals surface area contributed by atoms with Crippen molar-refractivity contribution in [3.8, 4) is 0 Å². The average molecular weight is 393 g/mol. The first-order valence-electron chi connectivity index (χ1n) is 8.40. The molecule has 0 bridgehead atoms. The normalized spacial score (nSPS) is 12.0. The molecule has 0 fully saturated rings. The van der Waals surface area contributed by atoms with Gasteiger partial charge in [-0.25, -0.2) is 4.68 Å². The number of nitrogens with zero attached hydrogens (tertiary/aromatic N) is 4. The molecule has 2 aromatic carbocycles. The van der Waals surface area contributed by atoms with Gasteiger partial charge in [0.1, 0.15) is 5.25 Å². The molecule has 0 amide bonds. The Morgan fingerprint density at radius 2 is 1.74 bits per heavy atom. The third-order valence-corrected chi connectivity index (χ3v) is 6.09. The molecule has 0 radical (unpaired) electrons. The fourth-order valence-corrected chi connectivity index (χ4v) is 4.43. The number of thiophene rings is 1. The first-order chi connectivity index (χ1) is 13.3. The highest BCUT2D eigenvalue weighted by Gasteiger charge is 2.26. The van der Waals surface area contributed by atoms with Gasteiger partial charge in [0.2, 0.25) is 5.16 Å². The Labute approximate surface area is 165 Å². The molecule has 7 heteroatoms. The first-order valence-corrected chi connectivity index (χ1v) is 10.2. The van der Waals surface area contributed by atoms with Crippen molar-refractivity contribution in [2.45, 2.75) is 17.0 Å². The summed E-state index contributed by atoms with van der Waals surface area (Å²) in [7, 11) is 0. The van der Waals surface area contributed by atoms with Crippen LogP contribution in [0.4, 0.5) is 0 Å². The number of carbonyl (C=O) groups excluding carboxylic acids is 1. The van der Waals surface area contributed by atoms with Crippen LogP contribution in [0.25, 0.3) is 0 Å². The van der Waals surface area contributed by atoms with E-state index in [1.165, 1.54) is 11.8 Å². The molecule has 2 aromatic heterocycles. The van der Waals surface area contributed by atoms with Crippen molar-refractivity contribution >= 4 is 28.9 Å². The molecule has 1 unspecified atom stereocenters. The second-order valence-corrected chi connectivity index (χ2v) is 7.94. The van der Waals surface area contributed by atoms with Crippen molar-refractivity contribution < 1.29 is 4.79 Å². The average Bonchev–Trinajstić information content (AvgIpc) is 3.39. The van der Waals surface area contributed by atoms with Crippen LogP contribution in [0.1, 0.15) is 26.0 Å². The van der Waals surface area contributed by atoms with E-state index < -0.39 is 5.25 Å². The topological polar surface area (TPSA) is 60.7 Å². The van der Waals surface area contributed by atoms with E-state index in [2.05, 4.69) is 15.5 Å². The fraction of sp³-hybridized carbons (Fsp3) is 0.100. The Kier molecular flexibility index (Phi) is 5.41. The van der Waals surface area contributed by atoms with Gasteiger partial charge in [-0.1, -0.05) is 78.5 Å². The van der Waals surface area contributed by atoms with Crippen LogP contribution in [-0.2, 0) is 6.54 Å². The van der Waals surface area contributed by atoms with Crippen LogP contribution in [0.15, 0.2) is 83.3 Å². The molecule has 4 aromatic rings. The van der Waals surface area contributed by atoms with Crippen molar-refractivity contribution in [2.75, 3.05) is 0 Å². The molecular weight excluding hydrogens is 376 g/mol. The van der Waals surface area contributed by atoms with Gasteiger partial charge in [-0.2, -0.15) is 0 Å². The smallest absolute Gasteiger partial charge is 0.210 e. The standard InChI is InChI=1S/C20H16N4OS2/c25-18(15-8-3-1-4-9-15)19(16-10-5-2-6-11-16)27-20-21-22-23-24(20)14-17-12-7-13-26-17/h1-13,19H,14H2. The van der Waals surface area contributed by atoms with Gasteiger partial charge in [0.05, 0.1) is 6.54 Å². The van der Waals surface area contributed by atoms with E-state index in [0.29, 0.717) is 17.3 Å². The predicted molar refractivity (Wildman–Crippen MR) is 107 cm³/mol. The number of tetrazole rings is 1. The zero-order chi connectivity index (χ0) is 18.5. The fourth-order valence-electron chi connectivity index (χ4n) is 2.69. The second kappa shape index (κ2) is 8.28. The van der Waals surface area contributed by atoms with Gasteiger partial charge in [-0.3, -0.25) is 4.79 Å².